The number of rotatable bonds is 4. The maximum absolute atomic E-state index is 12.3. The smallest absolute Gasteiger partial charge is 0.339 e. The highest BCUT2D eigenvalue weighted by Gasteiger charge is 2.17. The molecule has 0 saturated carbocycles. The molecular formula is C18H18O2. The summed E-state index contributed by atoms with van der Waals surface area (Å²) in [6.07, 6.45) is 0. The average Bonchev–Trinajstić information content (AvgIpc) is 2.50. The maximum atomic E-state index is 12.3. The van der Waals surface area contributed by atoms with E-state index in [9.17, 15) is 4.79 Å². The van der Waals surface area contributed by atoms with Gasteiger partial charge in [0, 0.05) is 0 Å². The van der Waals surface area contributed by atoms with Gasteiger partial charge in [-0.2, -0.15) is 0 Å². The predicted octanol–water partition coefficient (Wildman–Crippen LogP) is 4.18. The van der Waals surface area contributed by atoms with Crippen LogP contribution in [0.15, 0.2) is 60.7 Å². The molecule has 0 aromatic heterocycles. The molecule has 2 nitrogen and oxygen atoms in total. The van der Waals surface area contributed by atoms with E-state index in [2.05, 4.69) is 0 Å². The first-order chi connectivity index (χ1) is 9.74. The number of esters is 1. The quantitative estimate of drug-likeness (QED) is 0.471. The average molecular weight is 266 g/mol. The largest absolute Gasteiger partial charge is 0.462 e. The lowest BCUT2D eigenvalue weighted by molar-refractivity contribution is -0.136. The third-order valence-corrected chi connectivity index (χ3v) is 3.12. The normalized spacial score (nSPS) is 11.7. The number of hydrogen-bond acceptors (Lipinski definition) is 2. The fraction of sp³-hybridized carbons (Fsp3) is 0.167. The number of hydrogen-bond donors (Lipinski definition) is 0. The standard InChI is InChI=1S/C18H18O2/c1-3-20-18(19)17(16-12-8-5-9-13-16)14(2)15-10-6-4-7-11-15/h4-13H,3H2,1-2H3. The molecule has 0 radical (unpaired) electrons. The molecule has 2 heteroatoms. The summed E-state index contributed by atoms with van der Waals surface area (Å²) in [7, 11) is 0. The van der Waals surface area contributed by atoms with Gasteiger partial charge in [-0.25, -0.2) is 4.79 Å². The van der Waals surface area contributed by atoms with E-state index >= 15 is 0 Å². The molecule has 0 N–H and O–H groups in total. The fourth-order valence-corrected chi connectivity index (χ4v) is 2.13. The molecule has 102 valence electrons. The van der Waals surface area contributed by atoms with Gasteiger partial charge in [0.05, 0.1) is 12.2 Å². The summed E-state index contributed by atoms with van der Waals surface area (Å²) < 4.78 is 5.20. The third-order valence-electron chi connectivity index (χ3n) is 3.12. The van der Waals surface area contributed by atoms with Crippen molar-refractivity contribution in [2.24, 2.45) is 0 Å². The van der Waals surface area contributed by atoms with Crippen molar-refractivity contribution in [1.29, 1.82) is 0 Å². The first-order valence-electron chi connectivity index (χ1n) is 6.73. The van der Waals surface area contributed by atoms with Crippen molar-refractivity contribution >= 4 is 17.1 Å². The Labute approximate surface area is 119 Å². The van der Waals surface area contributed by atoms with Gasteiger partial charge < -0.3 is 4.74 Å². The maximum Gasteiger partial charge on any atom is 0.339 e. The van der Waals surface area contributed by atoms with Crippen molar-refractivity contribution in [2.75, 3.05) is 6.61 Å². The van der Waals surface area contributed by atoms with Crippen molar-refractivity contribution in [3.05, 3.63) is 71.8 Å². The van der Waals surface area contributed by atoms with Crippen LogP contribution in [0.4, 0.5) is 0 Å². The van der Waals surface area contributed by atoms with Gasteiger partial charge in [0.25, 0.3) is 0 Å². The molecule has 0 bridgehead atoms. The van der Waals surface area contributed by atoms with E-state index in [1.54, 1.807) is 0 Å². The zero-order valence-corrected chi connectivity index (χ0v) is 11.8. The van der Waals surface area contributed by atoms with Crippen LogP contribution < -0.4 is 0 Å². The topological polar surface area (TPSA) is 26.3 Å². The molecule has 0 aliphatic rings. The Bertz CT molecular complexity index is 598. The Hall–Kier alpha value is -2.35. The second-order valence-electron chi connectivity index (χ2n) is 4.45. The molecule has 0 amide bonds. The lowest BCUT2D eigenvalue weighted by Gasteiger charge is -2.12. The molecule has 0 aliphatic carbocycles. The van der Waals surface area contributed by atoms with Crippen LogP contribution in [-0.2, 0) is 9.53 Å². The van der Waals surface area contributed by atoms with Gasteiger partial charge in [-0.3, -0.25) is 0 Å². The summed E-state index contributed by atoms with van der Waals surface area (Å²) in [6, 6.07) is 19.5. The van der Waals surface area contributed by atoms with E-state index in [-0.39, 0.29) is 5.97 Å². The van der Waals surface area contributed by atoms with Crippen molar-refractivity contribution < 1.29 is 9.53 Å². The van der Waals surface area contributed by atoms with Crippen LogP contribution >= 0.6 is 0 Å². The Balaban J connectivity index is 2.54. The molecule has 0 unspecified atom stereocenters. The van der Waals surface area contributed by atoms with E-state index < -0.39 is 0 Å². The molecule has 0 aliphatic heterocycles. The van der Waals surface area contributed by atoms with E-state index in [0.717, 1.165) is 16.7 Å². The molecule has 0 fully saturated rings. The van der Waals surface area contributed by atoms with Gasteiger partial charge in [0.15, 0.2) is 0 Å². The number of allylic oxidation sites excluding steroid dienone is 1. The highest BCUT2D eigenvalue weighted by Crippen LogP contribution is 2.27. The van der Waals surface area contributed by atoms with E-state index in [0.29, 0.717) is 12.2 Å². The van der Waals surface area contributed by atoms with E-state index in [1.165, 1.54) is 0 Å². The van der Waals surface area contributed by atoms with Gasteiger partial charge in [0.2, 0.25) is 0 Å². The molecule has 2 aromatic carbocycles. The number of benzene rings is 2. The monoisotopic (exact) mass is 266 g/mol. The van der Waals surface area contributed by atoms with E-state index in [4.69, 9.17) is 4.74 Å². The van der Waals surface area contributed by atoms with Gasteiger partial charge in [-0.1, -0.05) is 60.7 Å². The van der Waals surface area contributed by atoms with Crippen LogP contribution in [0, 0.1) is 0 Å². The molecular weight excluding hydrogens is 248 g/mol. The first-order valence-corrected chi connectivity index (χ1v) is 6.73. The van der Waals surface area contributed by atoms with E-state index in [1.807, 2.05) is 74.5 Å². The van der Waals surface area contributed by atoms with Crippen molar-refractivity contribution in [3.63, 3.8) is 0 Å². The fourth-order valence-electron chi connectivity index (χ4n) is 2.13. The lowest BCUT2D eigenvalue weighted by Crippen LogP contribution is -2.08. The highest BCUT2D eigenvalue weighted by atomic mass is 16.5. The molecule has 0 atom stereocenters. The summed E-state index contributed by atoms with van der Waals surface area (Å²) in [5.41, 5.74) is 3.46. The Kier molecular flexibility index (Phi) is 4.72. The highest BCUT2D eigenvalue weighted by molar-refractivity contribution is 6.24. The van der Waals surface area contributed by atoms with Gasteiger partial charge in [0.1, 0.15) is 0 Å². The Morgan fingerprint density at radius 3 is 1.90 bits per heavy atom. The first kappa shape index (κ1) is 14.1. The van der Waals surface area contributed by atoms with Crippen LogP contribution in [0.2, 0.25) is 0 Å². The summed E-state index contributed by atoms with van der Waals surface area (Å²) in [4.78, 5) is 12.3. The van der Waals surface area contributed by atoms with Crippen LogP contribution in [-0.4, -0.2) is 12.6 Å². The minimum atomic E-state index is -0.278. The molecule has 2 aromatic rings. The zero-order chi connectivity index (χ0) is 14.4. The lowest BCUT2D eigenvalue weighted by atomic mass is 9.96. The molecule has 20 heavy (non-hydrogen) atoms. The van der Waals surface area contributed by atoms with Crippen LogP contribution in [0.5, 0.6) is 0 Å². The van der Waals surface area contributed by atoms with Crippen LogP contribution in [0.1, 0.15) is 25.0 Å². The Morgan fingerprint density at radius 1 is 0.900 bits per heavy atom. The third kappa shape index (κ3) is 3.15. The molecule has 0 saturated heterocycles. The summed E-state index contributed by atoms with van der Waals surface area (Å²) in [5.74, 6) is -0.278. The summed E-state index contributed by atoms with van der Waals surface area (Å²) in [6.45, 7) is 4.14. The Morgan fingerprint density at radius 2 is 1.40 bits per heavy atom. The molecule has 2 rings (SSSR count). The minimum absolute atomic E-state index is 0.278. The molecule has 0 spiro atoms. The number of carbonyl (C=O) groups excluding carboxylic acids is 1. The van der Waals surface area contributed by atoms with Crippen molar-refractivity contribution in [1.82, 2.24) is 0 Å². The van der Waals surface area contributed by atoms with Crippen molar-refractivity contribution in [2.45, 2.75) is 13.8 Å². The number of carbonyl (C=O) groups is 1. The predicted molar refractivity (Wildman–Crippen MR) is 82.0 cm³/mol. The summed E-state index contributed by atoms with van der Waals surface area (Å²) in [5, 5.41) is 0. The second kappa shape index (κ2) is 6.71. The van der Waals surface area contributed by atoms with Gasteiger partial charge in [-0.15, -0.1) is 0 Å². The number of ether oxygens (including phenoxy) is 1. The summed E-state index contributed by atoms with van der Waals surface area (Å²) >= 11 is 0. The molecule has 0 heterocycles. The van der Waals surface area contributed by atoms with Crippen LogP contribution in [0.25, 0.3) is 11.1 Å². The van der Waals surface area contributed by atoms with Gasteiger partial charge >= 0.3 is 5.97 Å². The second-order valence-corrected chi connectivity index (χ2v) is 4.45. The van der Waals surface area contributed by atoms with Crippen LogP contribution in [0.3, 0.4) is 0 Å². The van der Waals surface area contributed by atoms with Gasteiger partial charge in [-0.05, 0) is 30.5 Å². The zero-order valence-electron chi connectivity index (χ0n) is 11.8. The SMILES string of the molecule is CCOC(=O)C(=C(C)c1ccccc1)c1ccccc1. The minimum Gasteiger partial charge on any atom is -0.462 e. The van der Waals surface area contributed by atoms with Crippen molar-refractivity contribution in [3.8, 4) is 0 Å².